The molecule has 1 saturated carbocycles. The summed E-state index contributed by atoms with van der Waals surface area (Å²) in [5.74, 6) is 0. The number of nitrogens with one attached hydrogen (secondary N) is 1. The average Bonchev–Trinajstić information content (AvgIpc) is 2.58. The smallest absolute Gasteiger partial charge is 0.0278 e. The molecule has 16 heavy (non-hydrogen) atoms. The van der Waals surface area contributed by atoms with Crippen LogP contribution in [0.4, 0.5) is 0 Å². The van der Waals surface area contributed by atoms with Gasteiger partial charge in [0.2, 0.25) is 0 Å². The highest BCUT2D eigenvalue weighted by Crippen LogP contribution is 2.25. The summed E-state index contributed by atoms with van der Waals surface area (Å²) in [6, 6.07) is 0.885. The van der Waals surface area contributed by atoms with Crippen LogP contribution in [0, 0.1) is 0 Å². The van der Waals surface area contributed by atoms with Crippen LogP contribution in [-0.4, -0.2) is 36.1 Å². The first-order valence-electron chi connectivity index (χ1n) is 7.22. The summed E-state index contributed by atoms with van der Waals surface area (Å²) < 4.78 is 0. The van der Waals surface area contributed by atoms with E-state index in [-0.39, 0.29) is 0 Å². The molecule has 0 amide bonds. The summed E-state index contributed by atoms with van der Waals surface area (Å²) in [4.78, 5) is 2.77. The molecule has 0 radical (unpaired) electrons. The van der Waals surface area contributed by atoms with Gasteiger partial charge in [-0.15, -0.1) is 0 Å². The van der Waals surface area contributed by atoms with Crippen molar-refractivity contribution in [3.8, 4) is 0 Å². The van der Waals surface area contributed by atoms with Crippen LogP contribution >= 0.6 is 0 Å². The van der Waals surface area contributed by atoms with E-state index in [0.717, 1.165) is 6.04 Å². The van der Waals surface area contributed by atoms with Crippen LogP contribution in [0.5, 0.6) is 0 Å². The minimum Gasteiger partial charge on any atom is -0.309 e. The van der Waals surface area contributed by atoms with Crippen molar-refractivity contribution in [2.75, 3.05) is 19.6 Å². The SMILES string of the molecule is CCC1(C)CN(C2CCCCCC2)CCN1. The highest BCUT2D eigenvalue weighted by atomic mass is 15.2. The first-order chi connectivity index (χ1) is 7.73. The zero-order valence-corrected chi connectivity index (χ0v) is 11.1. The van der Waals surface area contributed by atoms with Crippen LogP contribution in [0.3, 0.4) is 0 Å². The van der Waals surface area contributed by atoms with Gasteiger partial charge in [0.15, 0.2) is 0 Å². The first-order valence-corrected chi connectivity index (χ1v) is 7.22. The van der Waals surface area contributed by atoms with E-state index in [1.165, 1.54) is 64.6 Å². The third-order valence-electron chi connectivity index (χ3n) is 4.62. The van der Waals surface area contributed by atoms with Crippen molar-refractivity contribution in [3.63, 3.8) is 0 Å². The molecule has 0 aromatic heterocycles. The molecular formula is C14H28N2. The topological polar surface area (TPSA) is 15.3 Å². The molecule has 1 saturated heterocycles. The van der Waals surface area contributed by atoms with Crippen molar-refractivity contribution < 1.29 is 0 Å². The number of piperazine rings is 1. The molecule has 2 rings (SSSR count). The van der Waals surface area contributed by atoms with E-state index in [4.69, 9.17) is 0 Å². The molecule has 94 valence electrons. The Hall–Kier alpha value is -0.0800. The minimum absolute atomic E-state index is 0.366. The quantitative estimate of drug-likeness (QED) is 0.726. The van der Waals surface area contributed by atoms with Crippen LogP contribution in [0.25, 0.3) is 0 Å². The number of rotatable bonds is 2. The summed E-state index contributed by atoms with van der Waals surface area (Å²) in [5.41, 5.74) is 0.366. The van der Waals surface area contributed by atoms with Crippen LogP contribution in [-0.2, 0) is 0 Å². The molecule has 1 atom stereocenters. The van der Waals surface area contributed by atoms with Gasteiger partial charge in [-0.05, 0) is 26.2 Å². The Morgan fingerprint density at radius 3 is 2.50 bits per heavy atom. The van der Waals surface area contributed by atoms with E-state index in [9.17, 15) is 0 Å². The molecule has 2 heteroatoms. The lowest BCUT2D eigenvalue weighted by atomic mass is 9.93. The van der Waals surface area contributed by atoms with Crippen molar-refractivity contribution in [2.24, 2.45) is 0 Å². The van der Waals surface area contributed by atoms with E-state index in [0.29, 0.717) is 5.54 Å². The van der Waals surface area contributed by atoms with E-state index in [1.807, 2.05) is 0 Å². The standard InChI is InChI=1S/C14H28N2/c1-3-14(2)12-16(11-10-15-14)13-8-6-4-5-7-9-13/h13,15H,3-12H2,1-2H3. The predicted molar refractivity (Wildman–Crippen MR) is 69.8 cm³/mol. The van der Waals surface area contributed by atoms with Crippen molar-refractivity contribution in [1.82, 2.24) is 10.2 Å². The third-order valence-corrected chi connectivity index (χ3v) is 4.62. The molecule has 0 aromatic rings. The molecule has 1 aliphatic carbocycles. The Labute approximate surface area is 101 Å². The van der Waals surface area contributed by atoms with Gasteiger partial charge in [0.1, 0.15) is 0 Å². The van der Waals surface area contributed by atoms with Gasteiger partial charge in [0, 0.05) is 31.2 Å². The van der Waals surface area contributed by atoms with E-state index in [2.05, 4.69) is 24.1 Å². The molecule has 2 nitrogen and oxygen atoms in total. The molecule has 1 aliphatic heterocycles. The Morgan fingerprint density at radius 2 is 1.88 bits per heavy atom. The predicted octanol–water partition coefficient (Wildman–Crippen LogP) is 2.78. The second-order valence-corrected chi connectivity index (χ2v) is 5.96. The second kappa shape index (κ2) is 5.50. The van der Waals surface area contributed by atoms with Crippen molar-refractivity contribution >= 4 is 0 Å². The van der Waals surface area contributed by atoms with E-state index >= 15 is 0 Å². The molecule has 2 aliphatic rings. The lowest BCUT2D eigenvalue weighted by Crippen LogP contribution is -2.60. The summed E-state index contributed by atoms with van der Waals surface area (Å²) in [5, 5.41) is 3.69. The van der Waals surface area contributed by atoms with Crippen LogP contribution < -0.4 is 5.32 Å². The van der Waals surface area contributed by atoms with Gasteiger partial charge in [-0.25, -0.2) is 0 Å². The summed E-state index contributed by atoms with van der Waals surface area (Å²) in [6.45, 7) is 8.40. The highest BCUT2D eigenvalue weighted by molar-refractivity contribution is 4.92. The lowest BCUT2D eigenvalue weighted by Gasteiger charge is -2.44. The summed E-state index contributed by atoms with van der Waals surface area (Å²) in [6.07, 6.45) is 9.98. The molecule has 0 bridgehead atoms. The molecule has 1 N–H and O–H groups in total. The maximum Gasteiger partial charge on any atom is 0.0278 e. The maximum atomic E-state index is 3.69. The zero-order chi connectivity index (χ0) is 11.4. The lowest BCUT2D eigenvalue weighted by molar-refractivity contribution is 0.0898. The zero-order valence-electron chi connectivity index (χ0n) is 11.1. The van der Waals surface area contributed by atoms with Gasteiger partial charge in [-0.1, -0.05) is 32.6 Å². The largest absolute Gasteiger partial charge is 0.309 e. The maximum absolute atomic E-state index is 3.69. The van der Waals surface area contributed by atoms with Gasteiger partial charge in [0.05, 0.1) is 0 Å². The molecule has 1 unspecified atom stereocenters. The fourth-order valence-electron chi connectivity index (χ4n) is 3.26. The van der Waals surface area contributed by atoms with Crippen molar-refractivity contribution in [3.05, 3.63) is 0 Å². The Balaban J connectivity index is 1.92. The third kappa shape index (κ3) is 2.98. The summed E-state index contributed by atoms with van der Waals surface area (Å²) in [7, 11) is 0. The van der Waals surface area contributed by atoms with E-state index in [1.54, 1.807) is 0 Å². The van der Waals surface area contributed by atoms with Crippen LogP contribution in [0.1, 0.15) is 58.8 Å². The van der Waals surface area contributed by atoms with Crippen molar-refractivity contribution in [1.29, 1.82) is 0 Å². The van der Waals surface area contributed by atoms with E-state index < -0.39 is 0 Å². The van der Waals surface area contributed by atoms with Gasteiger partial charge in [-0.3, -0.25) is 4.90 Å². The molecule has 2 fully saturated rings. The Kier molecular flexibility index (Phi) is 4.26. The highest BCUT2D eigenvalue weighted by Gasteiger charge is 2.32. The molecule has 0 spiro atoms. The molecular weight excluding hydrogens is 196 g/mol. The Morgan fingerprint density at radius 1 is 1.19 bits per heavy atom. The fraction of sp³-hybridized carbons (Fsp3) is 1.00. The fourth-order valence-corrected chi connectivity index (χ4v) is 3.26. The number of hydrogen-bond acceptors (Lipinski definition) is 2. The molecule has 1 heterocycles. The second-order valence-electron chi connectivity index (χ2n) is 5.96. The monoisotopic (exact) mass is 224 g/mol. The van der Waals surface area contributed by atoms with Crippen molar-refractivity contribution in [2.45, 2.75) is 70.4 Å². The van der Waals surface area contributed by atoms with Gasteiger partial charge in [-0.2, -0.15) is 0 Å². The molecule has 0 aromatic carbocycles. The first kappa shape index (κ1) is 12.4. The van der Waals surface area contributed by atoms with Crippen LogP contribution in [0.15, 0.2) is 0 Å². The Bertz CT molecular complexity index is 209. The van der Waals surface area contributed by atoms with Gasteiger partial charge < -0.3 is 5.32 Å². The average molecular weight is 224 g/mol. The van der Waals surface area contributed by atoms with Gasteiger partial charge >= 0.3 is 0 Å². The minimum atomic E-state index is 0.366. The normalized spacial score (nSPS) is 34.9. The van der Waals surface area contributed by atoms with Crippen LogP contribution in [0.2, 0.25) is 0 Å². The number of hydrogen-bond donors (Lipinski definition) is 1. The van der Waals surface area contributed by atoms with Gasteiger partial charge in [0.25, 0.3) is 0 Å². The number of nitrogens with zero attached hydrogens (tertiary/aromatic N) is 1. The summed E-state index contributed by atoms with van der Waals surface area (Å²) >= 11 is 0.